The third-order valence-corrected chi connectivity index (χ3v) is 2.26. The van der Waals surface area contributed by atoms with E-state index in [1.807, 2.05) is 0 Å². The van der Waals surface area contributed by atoms with Crippen LogP contribution in [0.2, 0.25) is 0 Å². The Hall–Kier alpha value is -0.520. The topological polar surface area (TPSA) is 17.8 Å². The van der Waals surface area contributed by atoms with E-state index in [0.717, 1.165) is 4.68 Å². The van der Waals surface area contributed by atoms with Crippen molar-refractivity contribution in [2.24, 2.45) is 0 Å². The van der Waals surface area contributed by atoms with E-state index in [1.165, 1.54) is 0 Å². The smallest absolute Gasteiger partial charge is 0.233 e. The summed E-state index contributed by atoms with van der Waals surface area (Å²) in [5, 5.41) is 3.68. The van der Waals surface area contributed by atoms with E-state index in [2.05, 4.69) is 21.0 Å². The molecule has 0 amide bonds. The largest absolute Gasteiger partial charge is 0.270 e. The fourth-order valence-corrected chi connectivity index (χ4v) is 1.50. The van der Waals surface area contributed by atoms with Gasteiger partial charge in [0.2, 0.25) is 5.95 Å². The zero-order valence-electron chi connectivity index (χ0n) is 7.98. The normalized spacial score (nSPS) is 12.6. The molecule has 0 aliphatic rings. The van der Waals surface area contributed by atoms with Crippen molar-refractivity contribution in [2.75, 3.05) is 0 Å². The third kappa shape index (κ3) is 1.94. The highest BCUT2D eigenvalue weighted by atomic mass is 79.9. The molecule has 0 bridgehead atoms. The highest BCUT2D eigenvalue weighted by Gasteiger charge is 2.28. The summed E-state index contributed by atoms with van der Waals surface area (Å²) >= 11 is 2.81. The van der Waals surface area contributed by atoms with Gasteiger partial charge in [0.15, 0.2) is 0 Å². The van der Waals surface area contributed by atoms with Crippen molar-refractivity contribution in [1.82, 2.24) is 9.78 Å². The summed E-state index contributed by atoms with van der Waals surface area (Å²) in [6, 6.07) is 0. The van der Waals surface area contributed by atoms with Gasteiger partial charge in [0.25, 0.3) is 6.43 Å². The molecule has 0 aromatic carbocycles. The van der Waals surface area contributed by atoms with Gasteiger partial charge in [0.1, 0.15) is 10.2 Å². The summed E-state index contributed by atoms with van der Waals surface area (Å²) in [7, 11) is 0. The van der Waals surface area contributed by atoms with Crippen LogP contribution < -0.4 is 0 Å². The van der Waals surface area contributed by atoms with Gasteiger partial charge in [-0.15, -0.1) is 0 Å². The average molecular weight is 271 g/mol. The van der Waals surface area contributed by atoms with Crippen molar-refractivity contribution >= 4 is 15.9 Å². The molecule has 0 aliphatic carbocycles. The molecule has 0 unspecified atom stereocenters. The Bertz CT molecular complexity index is 341. The molecule has 14 heavy (non-hydrogen) atoms. The SMILES string of the molecule is CC(C)(C)n1nc(Br)c(C(F)F)c1F. The van der Waals surface area contributed by atoms with Gasteiger partial charge < -0.3 is 0 Å². The van der Waals surface area contributed by atoms with Gasteiger partial charge in [0, 0.05) is 0 Å². The van der Waals surface area contributed by atoms with Gasteiger partial charge in [-0.05, 0) is 36.7 Å². The first-order valence-electron chi connectivity index (χ1n) is 3.97. The summed E-state index contributed by atoms with van der Waals surface area (Å²) in [4.78, 5) is 0. The average Bonchev–Trinajstić information content (AvgIpc) is 2.24. The highest BCUT2D eigenvalue weighted by molar-refractivity contribution is 9.10. The number of halogens is 4. The van der Waals surface area contributed by atoms with E-state index in [1.54, 1.807) is 20.8 Å². The van der Waals surface area contributed by atoms with E-state index in [4.69, 9.17) is 0 Å². The second kappa shape index (κ2) is 3.56. The van der Waals surface area contributed by atoms with Crippen molar-refractivity contribution in [2.45, 2.75) is 32.7 Å². The number of hydrogen-bond acceptors (Lipinski definition) is 1. The number of alkyl halides is 2. The molecule has 0 spiro atoms. The number of hydrogen-bond donors (Lipinski definition) is 0. The maximum Gasteiger partial charge on any atom is 0.270 e. The van der Waals surface area contributed by atoms with Crippen molar-refractivity contribution in [3.8, 4) is 0 Å². The van der Waals surface area contributed by atoms with Gasteiger partial charge in [-0.25, -0.2) is 13.5 Å². The van der Waals surface area contributed by atoms with Crippen molar-refractivity contribution in [3.05, 3.63) is 16.1 Å². The van der Waals surface area contributed by atoms with Crippen LogP contribution in [0.25, 0.3) is 0 Å². The Labute approximate surface area is 88.2 Å². The van der Waals surface area contributed by atoms with Gasteiger partial charge in [-0.2, -0.15) is 9.49 Å². The standard InChI is InChI=1S/C8H10BrF3N2/c1-8(2,3)14-7(12)4(6(10)11)5(9)13-14/h6H,1-3H3. The maximum absolute atomic E-state index is 13.4. The van der Waals surface area contributed by atoms with Gasteiger partial charge in [0.05, 0.1) is 5.54 Å². The minimum Gasteiger partial charge on any atom is -0.233 e. The first-order chi connectivity index (χ1) is 6.25. The first kappa shape index (κ1) is 11.6. The molecule has 1 aromatic rings. The van der Waals surface area contributed by atoms with Crippen molar-refractivity contribution in [1.29, 1.82) is 0 Å². The lowest BCUT2D eigenvalue weighted by Gasteiger charge is -2.19. The van der Waals surface area contributed by atoms with Gasteiger partial charge in [-0.1, -0.05) is 0 Å². The number of rotatable bonds is 1. The van der Waals surface area contributed by atoms with Crippen LogP contribution >= 0.6 is 15.9 Å². The van der Waals surface area contributed by atoms with E-state index < -0.39 is 23.5 Å². The molecule has 2 nitrogen and oxygen atoms in total. The molecule has 1 heterocycles. The number of aromatic nitrogens is 2. The molecule has 0 aliphatic heterocycles. The molecule has 80 valence electrons. The fourth-order valence-electron chi connectivity index (χ4n) is 1.01. The summed E-state index contributed by atoms with van der Waals surface area (Å²) in [6.07, 6.45) is -2.86. The van der Waals surface area contributed by atoms with Crippen molar-refractivity contribution < 1.29 is 13.2 Å². The molecular formula is C8H10BrF3N2. The lowest BCUT2D eigenvalue weighted by atomic mass is 10.1. The molecule has 0 atom stereocenters. The van der Waals surface area contributed by atoms with Crippen LogP contribution in [0.3, 0.4) is 0 Å². The number of nitrogens with zero attached hydrogens (tertiary/aromatic N) is 2. The van der Waals surface area contributed by atoms with Gasteiger partial charge >= 0.3 is 0 Å². The minimum atomic E-state index is -2.86. The monoisotopic (exact) mass is 270 g/mol. The molecular weight excluding hydrogens is 261 g/mol. The van der Waals surface area contributed by atoms with E-state index in [9.17, 15) is 13.2 Å². The summed E-state index contributed by atoms with van der Waals surface area (Å²) in [5.74, 6) is -0.987. The quantitative estimate of drug-likeness (QED) is 0.764. The van der Waals surface area contributed by atoms with Crippen LogP contribution in [0.5, 0.6) is 0 Å². The molecule has 0 fully saturated rings. The second-order valence-electron chi connectivity index (χ2n) is 3.88. The lowest BCUT2D eigenvalue weighted by molar-refractivity contribution is 0.143. The minimum absolute atomic E-state index is 0.139. The first-order valence-corrected chi connectivity index (χ1v) is 4.77. The molecule has 0 radical (unpaired) electrons. The van der Waals surface area contributed by atoms with E-state index >= 15 is 0 Å². The van der Waals surface area contributed by atoms with Crippen LogP contribution in [0.15, 0.2) is 4.60 Å². The summed E-state index contributed by atoms with van der Waals surface area (Å²) < 4.78 is 39.0. The zero-order chi connectivity index (χ0) is 11.1. The molecule has 0 N–H and O–H groups in total. The third-order valence-electron chi connectivity index (χ3n) is 1.67. The Morgan fingerprint density at radius 3 is 2.07 bits per heavy atom. The van der Waals surface area contributed by atoms with Crippen LogP contribution in [0.4, 0.5) is 13.2 Å². The Morgan fingerprint density at radius 2 is 1.86 bits per heavy atom. The Morgan fingerprint density at radius 1 is 1.36 bits per heavy atom. The fraction of sp³-hybridized carbons (Fsp3) is 0.625. The summed E-state index contributed by atoms with van der Waals surface area (Å²) in [5.41, 5.74) is -1.33. The van der Waals surface area contributed by atoms with E-state index in [0.29, 0.717) is 0 Å². The molecule has 1 aromatic heterocycles. The highest BCUT2D eigenvalue weighted by Crippen LogP contribution is 2.31. The zero-order valence-corrected chi connectivity index (χ0v) is 9.57. The molecule has 0 saturated carbocycles. The Balaban J connectivity index is 3.31. The van der Waals surface area contributed by atoms with E-state index in [-0.39, 0.29) is 4.60 Å². The van der Waals surface area contributed by atoms with Gasteiger partial charge in [-0.3, -0.25) is 0 Å². The van der Waals surface area contributed by atoms with Crippen molar-refractivity contribution in [3.63, 3.8) is 0 Å². The van der Waals surface area contributed by atoms with Crippen LogP contribution in [0.1, 0.15) is 32.8 Å². The Kier molecular flexibility index (Phi) is 2.94. The predicted molar refractivity (Wildman–Crippen MR) is 49.8 cm³/mol. The predicted octanol–water partition coefficient (Wildman–Crippen LogP) is 3.48. The summed E-state index contributed by atoms with van der Waals surface area (Å²) in [6.45, 7) is 5.06. The molecule has 6 heteroatoms. The lowest BCUT2D eigenvalue weighted by Crippen LogP contribution is -2.25. The van der Waals surface area contributed by atoms with Crippen LogP contribution in [0, 0.1) is 5.95 Å². The molecule has 0 saturated heterocycles. The maximum atomic E-state index is 13.4. The molecule has 1 rings (SSSR count). The second-order valence-corrected chi connectivity index (χ2v) is 4.63. The van der Waals surface area contributed by atoms with Crippen LogP contribution in [-0.2, 0) is 5.54 Å². The van der Waals surface area contributed by atoms with Crippen LogP contribution in [-0.4, -0.2) is 9.78 Å².